The molecule has 1 saturated heterocycles. The van der Waals surface area contributed by atoms with Gasteiger partial charge in [-0.1, -0.05) is 25.1 Å². The summed E-state index contributed by atoms with van der Waals surface area (Å²) in [5, 5.41) is 2.76. The number of hydrogen-bond donors (Lipinski definition) is 1. The van der Waals surface area contributed by atoms with Crippen LogP contribution in [0.15, 0.2) is 41.0 Å². The van der Waals surface area contributed by atoms with Crippen molar-refractivity contribution >= 4 is 23.4 Å². The van der Waals surface area contributed by atoms with Gasteiger partial charge in [0.25, 0.3) is 5.91 Å². The van der Waals surface area contributed by atoms with E-state index in [9.17, 15) is 14.4 Å². The van der Waals surface area contributed by atoms with Gasteiger partial charge in [0.2, 0.25) is 0 Å². The third-order valence-electron chi connectivity index (χ3n) is 4.76. The van der Waals surface area contributed by atoms with Crippen molar-refractivity contribution in [1.82, 2.24) is 9.80 Å². The van der Waals surface area contributed by atoms with E-state index in [1.807, 2.05) is 32.0 Å². The van der Waals surface area contributed by atoms with Crippen molar-refractivity contribution in [3.05, 3.63) is 53.5 Å². The van der Waals surface area contributed by atoms with Gasteiger partial charge in [0, 0.05) is 31.9 Å². The molecule has 3 amide bonds. The van der Waals surface area contributed by atoms with E-state index in [-0.39, 0.29) is 11.7 Å². The molecule has 0 spiro atoms. The zero-order chi connectivity index (χ0) is 19.4. The maximum atomic E-state index is 12.5. The van der Waals surface area contributed by atoms with E-state index in [1.165, 1.54) is 11.2 Å². The van der Waals surface area contributed by atoms with Crippen LogP contribution in [0.2, 0.25) is 0 Å². The average Bonchev–Trinajstić information content (AvgIpc) is 3.23. The van der Waals surface area contributed by atoms with Gasteiger partial charge in [0.05, 0.1) is 6.26 Å². The summed E-state index contributed by atoms with van der Waals surface area (Å²) in [7, 11) is 0. The number of nitrogens with zero attached hydrogens (tertiary/aromatic N) is 2. The molecule has 142 valence electrons. The lowest BCUT2D eigenvalue weighted by atomic mass is 10.1. The number of para-hydroxylation sites is 1. The fraction of sp³-hybridized carbons (Fsp3) is 0.350. The largest absolute Gasteiger partial charge is 0.459 e. The molecule has 0 bridgehead atoms. The molecule has 1 aliphatic rings. The maximum Gasteiger partial charge on any atom is 0.313 e. The summed E-state index contributed by atoms with van der Waals surface area (Å²) < 4.78 is 5.12. The van der Waals surface area contributed by atoms with E-state index < -0.39 is 11.8 Å². The predicted molar refractivity (Wildman–Crippen MR) is 100 cm³/mol. The highest BCUT2D eigenvalue weighted by molar-refractivity contribution is 6.39. The van der Waals surface area contributed by atoms with Gasteiger partial charge in [-0.3, -0.25) is 14.4 Å². The monoisotopic (exact) mass is 369 g/mol. The number of carbonyl (C=O) groups is 3. The summed E-state index contributed by atoms with van der Waals surface area (Å²) in [6.45, 7) is 5.26. The van der Waals surface area contributed by atoms with Crippen LogP contribution in [0.4, 0.5) is 5.69 Å². The third kappa shape index (κ3) is 4.02. The molecule has 7 nitrogen and oxygen atoms in total. The second kappa shape index (κ2) is 8.07. The van der Waals surface area contributed by atoms with Crippen molar-refractivity contribution in [1.29, 1.82) is 0 Å². The predicted octanol–water partition coefficient (Wildman–Crippen LogP) is 2.07. The van der Waals surface area contributed by atoms with Crippen LogP contribution in [-0.2, 0) is 16.0 Å². The zero-order valence-electron chi connectivity index (χ0n) is 15.5. The van der Waals surface area contributed by atoms with E-state index >= 15 is 0 Å². The van der Waals surface area contributed by atoms with Gasteiger partial charge >= 0.3 is 11.8 Å². The smallest absolute Gasteiger partial charge is 0.313 e. The lowest BCUT2D eigenvalue weighted by molar-refractivity contribution is -0.144. The Hall–Kier alpha value is -3.09. The minimum atomic E-state index is -0.648. The highest BCUT2D eigenvalue weighted by atomic mass is 16.3. The number of amides is 3. The molecule has 1 aromatic carbocycles. The second-order valence-electron chi connectivity index (χ2n) is 6.48. The number of nitrogens with one attached hydrogen (secondary N) is 1. The number of furan rings is 1. The minimum Gasteiger partial charge on any atom is -0.459 e. The molecule has 1 N–H and O–H groups in total. The highest BCUT2D eigenvalue weighted by Crippen LogP contribution is 2.21. The number of carbonyl (C=O) groups excluding carboxylic acids is 3. The van der Waals surface area contributed by atoms with Gasteiger partial charge in [-0.25, -0.2) is 0 Å². The minimum absolute atomic E-state index is 0.205. The van der Waals surface area contributed by atoms with E-state index in [2.05, 4.69) is 5.32 Å². The first-order valence-corrected chi connectivity index (χ1v) is 9.02. The number of rotatable bonds is 3. The van der Waals surface area contributed by atoms with Crippen LogP contribution in [-0.4, -0.2) is 53.7 Å². The number of anilines is 1. The Kier molecular flexibility index (Phi) is 5.59. The Labute approximate surface area is 157 Å². The van der Waals surface area contributed by atoms with Crippen molar-refractivity contribution < 1.29 is 18.8 Å². The Morgan fingerprint density at radius 2 is 1.74 bits per heavy atom. The number of benzene rings is 1. The van der Waals surface area contributed by atoms with Gasteiger partial charge in [0.1, 0.15) is 0 Å². The van der Waals surface area contributed by atoms with E-state index in [0.29, 0.717) is 31.9 Å². The Morgan fingerprint density at radius 3 is 2.37 bits per heavy atom. The van der Waals surface area contributed by atoms with Gasteiger partial charge < -0.3 is 19.5 Å². The molecule has 0 atom stereocenters. The van der Waals surface area contributed by atoms with Crippen molar-refractivity contribution in [2.75, 3.05) is 31.5 Å². The molecule has 1 aromatic heterocycles. The molecular formula is C20H23N3O4. The second-order valence-corrected chi connectivity index (χ2v) is 6.48. The van der Waals surface area contributed by atoms with Gasteiger partial charge in [-0.2, -0.15) is 0 Å². The Bertz CT molecular complexity index is 837. The summed E-state index contributed by atoms with van der Waals surface area (Å²) in [6.07, 6.45) is 2.21. The van der Waals surface area contributed by atoms with Crippen molar-refractivity contribution in [2.24, 2.45) is 0 Å². The summed E-state index contributed by atoms with van der Waals surface area (Å²) >= 11 is 0. The van der Waals surface area contributed by atoms with Crippen LogP contribution >= 0.6 is 0 Å². The van der Waals surface area contributed by atoms with Crippen LogP contribution in [0.5, 0.6) is 0 Å². The molecule has 2 heterocycles. The molecular weight excluding hydrogens is 346 g/mol. The van der Waals surface area contributed by atoms with Crippen molar-refractivity contribution in [3.63, 3.8) is 0 Å². The molecule has 0 radical (unpaired) electrons. The van der Waals surface area contributed by atoms with Crippen molar-refractivity contribution in [3.8, 4) is 0 Å². The third-order valence-corrected chi connectivity index (χ3v) is 4.76. The van der Waals surface area contributed by atoms with E-state index in [1.54, 1.807) is 17.0 Å². The molecule has 0 saturated carbocycles. The zero-order valence-corrected chi connectivity index (χ0v) is 15.5. The van der Waals surface area contributed by atoms with Crippen LogP contribution in [0.25, 0.3) is 0 Å². The quantitative estimate of drug-likeness (QED) is 0.840. The topological polar surface area (TPSA) is 82.9 Å². The summed E-state index contributed by atoms with van der Waals surface area (Å²) in [5.41, 5.74) is 2.61. The summed E-state index contributed by atoms with van der Waals surface area (Å²) in [4.78, 5) is 40.3. The van der Waals surface area contributed by atoms with E-state index in [0.717, 1.165) is 17.5 Å². The Balaban J connectivity index is 1.59. The lowest BCUT2D eigenvalue weighted by Crippen LogP contribution is -2.53. The molecule has 1 aliphatic heterocycles. The first-order valence-electron chi connectivity index (χ1n) is 9.02. The molecule has 2 aromatic rings. The number of aryl methyl sites for hydroxylation is 2. The van der Waals surface area contributed by atoms with Crippen molar-refractivity contribution in [2.45, 2.75) is 20.3 Å². The molecule has 1 fully saturated rings. The fourth-order valence-electron chi connectivity index (χ4n) is 3.18. The molecule has 27 heavy (non-hydrogen) atoms. The normalized spacial score (nSPS) is 14.1. The SMILES string of the molecule is CCc1cccc(C)c1NC(=O)C(=O)N1CCN(C(=O)c2ccco2)CC1. The van der Waals surface area contributed by atoms with Gasteiger partial charge in [-0.15, -0.1) is 0 Å². The van der Waals surface area contributed by atoms with Crippen LogP contribution in [0, 0.1) is 6.92 Å². The average molecular weight is 369 g/mol. The summed E-state index contributed by atoms with van der Waals surface area (Å²) in [5.74, 6) is -1.15. The molecule has 0 unspecified atom stereocenters. The highest BCUT2D eigenvalue weighted by Gasteiger charge is 2.29. The first kappa shape index (κ1) is 18.7. The number of hydrogen-bond acceptors (Lipinski definition) is 4. The number of piperazine rings is 1. The first-order chi connectivity index (χ1) is 13.0. The molecule has 0 aliphatic carbocycles. The fourth-order valence-corrected chi connectivity index (χ4v) is 3.18. The molecule has 3 rings (SSSR count). The van der Waals surface area contributed by atoms with Gasteiger partial charge in [0.15, 0.2) is 5.76 Å². The maximum absolute atomic E-state index is 12.5. The van der Waals surface area contributed by atoms with Crippen LogP contribution in [0.1, 0.15) is 28.6 Å². The summed E-state index contributed by atoms with van der Waals surface area (Å²) in [6, 6.07) is 9.04. The van der Waals surface area contributed by atoms with E-state index in [4.69, 9.17) is 4.42 Å². The standard InChI is InChI=1S/C20H23N3O4/c1-3-15-7-4-6-14(2)17(15)21-18(24)20(26)23-11-9-22(10-12-23)19(25)16-8-5-13-27-16/h4-8,13H,3,9-12H2,1-2H3,(H,21,24). The van der Waals surface area contributed by atoms with Gasteiger partial charge in [-0.05, 0) is 36.6 Å². The van der Waals surface area contributed by atoms with Crippen LogP contribution < -0.4 is 5.32 Å². The Morgan fingerprint density at radius 1 is 1.04 bits per heavy atom. The lowest BCUT2D eigenvalue weighted by Gasteiger charge is -2.34. The van der Waals surface area contributed by atoms with Crippen LogP contribution in [0.3, 0.4) is 0 Å². The molecule has 7 heteroatoms.